The lowest BCUT2D eigenvalue weighted by molar-refractivity contribution is 0.181. The Morgan fingerprint density at radius 3 is 2.52 bits per heavy atom. The zero-order valence-electron chi connectivity index (χ0n) is 11.5. The Kier molecular flexibility index (Phi) is 5.37. The molecule has 0 amide bonds. The molecule has 1 fully saturated rings. The third-order valence-electron chi connectivity index (χ3n) is 3.87. The van der Waals surface area contributed by atoms with Crippen LogP contribution < -0.4 is 11.1 Å². The molecule has 0 radical (unpaired) electrons. The fourth-order valence-electron chi connectivity index (χ4n) is 2.56. The maximum Gasteiger partial charge on any atom is 0.240 e. The maximum atomic E-state index is 5.47. The van der Waals surface area contributed by atoms with Crippen molar-refractivity contribution in [1.29, 1.82) is 0 Å². The topological polar surface area (TPSA) is 77.0 Å². The number of hydrogen-bond acceptors (Lipinski definition) is 5. The van der Waals surface area contributed by atoms with Crippen molar-refractivity contribution in [2.24, 2.45) is 5.73 Å². The summed E-state index contributed by atoms with van der Waals surface area (Å²) in [5.74, 6) is 1.14. The van der Waals surface area contributed by atoms with Gasteiger partial charge in [0.05, 0.1) is 13.1 Å². The van der Waals surface area contributed by atoms with E-state index in [0.29, 0.717) is 18.3 Å². The standard InChI is InChI=1S/C14H17BrN4O.ClH/c15-11-4-2-10(3-5-11)14(6-1-7-14)17-9-12-18-13(8-16)20-19-12;/h2-5,17H,1,6-9,16H2;1H. The van der Waals surface area contributed by atoms with E-state index in [9.17, 15) is 0 Å². The van der Waals surface area contributed by atoms with E-state index in [-0.39, 0.29) is 24.5 Å². The third kappa shape index (κ3) is 3.45. The van der Waals surface area contributed by atoms with Crippen molar-refractivity contribution in [3.05, 3.63) is 46.0 Å². The molecule has 1 heterocycles. The van der Waals surface area contributed by atoms with Gasteiger partial charge in [-0.25, -0.2) is 0 Å². The first kappa shape index (κ1) is 16.4. The summed E-state index contributed by atoms with van der Waals surface area (Å²) in [5, 5.41) is 7.50. The van der Waals surface area contributed by atoms with Crippen molar-refractivity contribution in [3.8, 4) is 0 Å². The van der Waals surface area contributed by atoms with Crippen molar-refractivity contribution < 1.29 is 4.52 Å². The second-order valence-corrected chi connectivity index (χ2v) is 6.02. The zero-order chi connectivity index (χ0) is 14.0. The Balaban J connectivity index is 0.00000161. The van der Waals surface area contributed by atoms with Gasteiger partial charge in [-0.05, 0) is 37.0 Å². The lowest BCUT2D eigenvalue weighted by Gasteiger charge is -2.43. The molecule has 0 atom stereocenters. The van der Waals surface area contributed by atoms with Gasteiger partial charge in [0.1, 0.15) is 0 Å². The molecule has 114 valence electrons. The molecule has 0 spiro atoms. The first-order valence-corrected chi connectivity index (χ1v) is 7.54. The van der Waals surface area contributed by atoms with Gasteiger partial charge < -0.3 is 15.6 Å². The van der Waals surface area contributed by atoms with Crippen LogP contribution in [0, 0.1) is 0 Å². The summed E-state index contributed by atoms with van der Waals surface area (Å²) in [6.07, 6.45) is 3.51. The van der Waals surface area contributed by atoms with Gasteiger partial charge >= 0.3 is 0 Å². The molecule has 0 unspecified atom stereocenters. The molecule has 5 nitrogen and oxygen atoms in total. The van der Waals surface area contributed by atoms with Gasteiger partial charge in [0.15, 0.2) is 5.82 Å². The summed E-state index contributed by atoms with van der Waals surface area (Å²) in [7, 11) is 0. The van der Waals surface area contributed by atoms with Crippen LogP contribution in [-0.4, -0.2) is 10.1 Å². The van der Waals surface area contributed by atoms with Crippen LogP contribution >= 0.6 is 28.3 Å². The minimum atomic E-state index is 0. The summed E-state index contributed by atoms with van der Waals surface area (Å²) in [6, 6.07) is 8.49. The largest absolute Gasteiger partial charge is 0.338 e. The van der Waals surface area contributed by atoms with E-state index in [4.69, 9.17) is 10.3 Å². The summed E-state index contributed by atoms with van der Waals surface area (Å²) in [6.45, 7) is 0.879. The Morgan fingerprint density at radius 2 is 2.00 bits per heavy atom. The van der Waals surface area contributed by atoms with Crippen LogP contribution in [0.5, 0.6) is 0 Å². The van der Waals surface area contributed by atoms with Crippen molar-refractivity contribution in [1.82, 2.24) is 15.5 Å². The maximum absolute atomic E-state index is 5.47. The van der Waals surface area contributed by atoms with Crippen LogP contribution in [-0.2, 0) is 18.6 Å². The number of benzene rings is 1. The highest BCUT2D eigenvalue weighted by atomic mass is 79.9. The summed E-state index contributed by atoms with van der Waals surface area (Å²) in [4.78, 5) is 4.23. The number of nitrogens with zero attached hydrogens (tertiary/aromatic N) is 2. The van der Waals surface area contributed by atoms with Crippen molar-refractivity contribution >= 4 is 28.3 Å². The monoisotopic (exact) mass is 372 g/mol. The highest BCUT2D eigenvalue weighted by molar-refractivity contribution is 9.10. The molecule has 1 aromatic carbocycles. The first-order valence-electron chi connectivity index (χ1n) is 6.74. The highest BCUT2D eigenvalue weighted by Gasteiger charge is 2.38. The lowest BCUT2D eigenvalue weighted by atomic mass is 9.72. The van der Waals surface area contributed by atoms with Gasteiger partial charge in [-0.3, -0.25) is 0 Å². The SMILES string of the molecule is Cl.NCc1nc(CNC2(c3ccc(Br)cc3)CCC2)no1. The Morgan fingerprint density at radius 1 is 1.29 bits per heavy atom. The molecule has 1 aliphatic carbocycles. The van der Waals surface area contributed by atoms with E-state index in [1.54, 1.807) is 0 Å². The van der Waals surface area contributed by atoms with Crippen LogP contribution in [0.4, 0.5) is 0 Å². The molecule has 0 bridgehead atoms. The first-order chi connectivity index (χ1) is 9.72. The van der Waals surface area contributed by atoms with Crippen molar-refractivity contribution in [2.45, 2.75) is 37.9 Å². The summed E-state index contributed by atoms with van der Waals surface area (Å²) in [5.41, 5.74) is 6.83. The second kappa shape index (κ2) is 6.87. The van der Waals surface area contributed by atoms with Crippen molar-refractivity contribution in [3.63, 3.8) is 0 Å². The molecule has 1 saturated carbocycles. The molecule has 1 aromatic heterocycles. The van der Waals surface area contributed by atoms with E-state index in [1.807, 2.05) is 0 Å². The third-order valence-corrected chi connectivity index (χ3v) is 4.40. The van der Waals surface area contributed by atoms with Crippen LogP contribution in [0.2, 0.25) is 0 Å². The summed E-state index contributed by atoms with van der Waals surface area (Å²) < 4.78 is 6.12. The highest BCUT2D eigenvalue weighted by Crippen LogP contribution is 2.41. The molecule has 21 heavy (non-hydrogen) atoms. The lowest BCUT2D eigenvalue weighted by Crippen LogP contribution is -2.47. The number of nitrogens with two attached hydrogens (primary N) is 1. The number of nitrogens with one attached hydrogen (secondary N) is 1. The fraction of sp³-hybridized carbons (Fsp3) is 0.429. The van der Waals surface area contributed by atoms with Gasteiger partial charge in [-0.15, -0.1) is 12.4 Å². The Hall–Kier alpha value is -0.950. The molecule has 2 aromatic rings. The molecule has 7 heteroatoms. The minimum Gasteiger partial charge on any atom is -0.338 e. The smallest absolute Gasteiger partial charge is 0.240 e. The van der Waals surface area contributed by atoms with Crippen LogP contribution in [0.1, 0.15) is 36.5 Å². The van der Waals surface area contributed by atoms with Gasteiger partial charge in [-0.2, -0.15) is 4.98 Å². The fourth-order valence-corrected chi connectivity index (χ4v) is 2.82. The van der Waals surface area contributed by atoms with E-state index < -0.39 is 0 Å². The zero-order valence-corrected chi connectivity index (χ0v) is 13.9. The quantitative estimate of drug-likeness (QED) is 0.842. The predicted octanol–water partition coefficient (Wildman–Crippen LogP) is 2.88. The van der Waals surface area contributed by atoms with E-state index in [2.05, 4.69) is 55.7 Å². The van der Waals surface area contributed by atoms with Crippen LogP contribution in [0.15, 0.2) is 33.3 Å². The Labute approximate surface area is 138 Å². The predicted molar refractivity (Wildman–Crippen MR) is 85.9 cm³/mol. The van der Waals surface area contributed by atoms with Crippen molar-refractivity contribution in [2.75, 3.05) is 0 Å². The number of aromatic nitrogens is 2. The van der Waals surface area contributed by atoms with Crippen LogP contribution in [0.3, 0.4) is 0 Å². The Bertz CT molecular complexity index is 583. The average molecular weight is 374 g/mol. The molecule has 1 aliphatic rings. The molecule has 3 rings (SSSR count). The van der Waals surface area contributed by atoms with Gasteiger partial charge in [0.2, 0.25) is 5.89 Å². The molecule has 0 aliphatic heterocycles. The molecular formula is C14H18BrClN4O. The second-order valence-electron chi connectivity index (χ2n) is 5.10. The minimum absolute atomic E-state index is 0. The van der Waals surface area contributed by atoms with E-state index >= 15 is 0 Å². The molecular weight excluding hydrogens is 356 g/mol. The van der Waals surface area contributed by atoms with E-state index in [1.165, 1.54) is 12.0 Å². The van der Waals surface area contributed by atoms with Gasteiger partial charge in [0.25, 0.3) is 0 Å². The van der Waals surface area contributed by atoms with Gasteiger partial charge in [-0.1, -0.05) is 33.2 Å². The van der Waals surface area contributed by atoms with E-state index in [0.717, 1.165) is 17.3 Å². The molecule has 0 saturated heterocycles. The normalized spacial score (nSPS) is 16.1. The molecule has 3 N–H and O–H groups in total. The average Bonchev–Trinajstić information content (AvgIpc) is 2.87. The number of hydrogen-bond donors (Lipinski definition) is 2. The van der Waals surface area contributed by atoms with Crippen LogP contribution in [0.25, 0.3) is 0 Å². The number of halogens is 2. The van der Waals surface area contributed by atoms with Gasteiger partial charge in [0, 0.05) is 10.0 Å². The number of rotatable bonds is 5. The summed E-state index contributed by atoms with van der Waals surface area (Å²) >= 11 is 3.47.